The van der Waals surface area contributed by atoms with Gasteiger partial charge >= 0.3 is 0 Å². The van der Waals surface area contributed by atoms with Gasteiger partial charge in [0.25, 0.3) is 0 Å². The van der Waals surface area contributed by atoms with Gasteiger partial charge in [-0.3, -0.25) is 0 Å². The molecule has 0 radical (unpaired) electrons. The number of benzene rings is 5. The SMILES string of the molecule is CCOc1ccc(S(=O)(=O)c2ccc(Oc3ccc(S(=O)(=O)c4ccc(Oc5cccc(N)c5)cc4)cc3)cc2)cc1. The summed E-state index contributed by atoms with van der Waals surface area (Å²) in [5.74, 6) is 2.40. The third-order valence-electron chi connectivity index (χ3n) is 6.18. The summed E-state index contributed by atoms with van der Waals surface area (Å²) < 4.78 is 69.2. The van der Waals surface area contributed by atoms with Crippen LogP contribution >= 0.6 is 0 Å². The van der Waals surface area contributed by atoms with Gasteiger partial charge in [-0.25, -0.2) is 16.8 Å². The van der Waals surface area contributed by atoms with E-state index < -0.39 is 19.7 Å². The van der Waals surface area contributed by atoms with Crippen molar-refractivity contribution in [3.63, 3.8) is 0 Å². The molecule has 0 heterocycles. The van der Waals surface area contributed by atoms with Crippen molar-refractivity contribution in [2.45, 2.75) is 26.5 Å². The molecule has 0 bridgehead atoms. The molecule has 0 spiro atoms. The van der Waals surface area contributed by atoms with Crippen molar-refractivity contribution >= 4 is 25.4 Å². The van der Waals surface area contributed by atoms with Crippen LogP contribution < -0.4 is 19.9 Å². The maximum atomic E-state index is 13.2. The second-order valence-electron chi connectivity index (χ2n) is 9.10. The molecule has 5 aromatic carbocycles. The Balaban J connectivity index is 1.25. The van der Waals surface area contributed by atoms with Crippen molar-refractivity contribution in [3.05, 3.63) is 121 Å². The van der Waals surface area contributed by atoms with Crippen LogP contribution in [0.2, 0.25) is 0 Å². The predicted octanol–water partition coefficient (Wildman–Crippen LogP) is 6.92. The van der Waals surface area contributed by atoms with Crippen molar-refractivity contribution in [1.82, 2.24) is 0 Å². The summed E-state index contributed by atoms with van der Waals surface area (Å²) in [6.45, 7) is 2.34. The third-order valence-corrected chi connectivity index (χ3v) is 9.75. The number of sulfone groups is 2. The van der Waals surface area contributed by atoms with Gasteiger partial charge in [0, 0.05) is 11.8 Å². The average molecular weight is 602 g/mol. The van der Waals surface area contributed by atoms with Gasteiger partial charge in [0.2, 0.25) is 19.7 Å². The molecule has 42 heavy (non-hydrogen) atoms. The predicted molar refractivity (Wildman–Crippen MR) is 159 cm³/mol. The fourth-order valence-electron chi connectivity index (χ4n) is 4.06. The summed E-state index contributed by atoms with van der Waals surface area (Å²) in [7, 11) is -7.50. The first-order valence-electron chi connectivity index (χ1n) is 12.9. The lowest BCUT2D eigenvalue weighted by Gasteiger charge is -2.10. The molecule has 2 N–H and O–H groups in total. The number of hydrogen-bond acceptors (Lipinski definition) is 8. The Labute approximate surface area is 244 Å². The summed E-state index contributed by atoms with van der Waals surface area (Å²) in [5.41, 5.74) is 6.33. The van der Waals surface area contributed by atoms with Crippen LogP contribution in [0.1, 0.15) is 6.92 Å². The van der Waals surface area contributed by atoms with E-state index in [9.17, 15) is 16.8 Å². The van der Waals surface area contributed by atoms with Crippen LogP contribution in [0.25, 0.3) is 0 Å². The molecule has 8 nitrogen and oxygen atoms in total. The smallest absolute Gasteiger partial charge is 0.206 e. The molecule has 0 amide bonds. The van der Waals surface area contributed by atoms with Gasteiger partial charge in [-0.15, -0.1) is 0 Å². The molecule has 5 rings (SSSR count). The van der Waals surface area contributed by atoms with E-state index >= 15 is 0 Å². The molecular formula is C32H27NO7S2. The quantitative estimate of drug-likeness (QED) is 0.171. The molecule has 0 unspecified atom stereocenters. The molecule has 0 aliphatic carbocycles. The zero-order chi connectivity index (χ0) is 29.7. The molecule has 0 aliphatic rings. The fourth-order valence-corrected chi connectivity index (χ4v) is 6.59. The molecular weight excluding hydrogens is 574 g/mol. The van der Waals surface area contributed by atoms with E-state index in [1.54, 1.807) is 60.7 Å². The summed E-state index contributed by atoms with van der Waals surface area (Å²) in [5, 5.41) is 0. The minimum absolute atomic E-state index is 0.0937. The van der Waals surface area contributed by atoms with Gasteiger partial charge in [0.1, 0.15) is 28.7 Å². The molecule has 0 aliphatic heterocycles. The van der Waals surface area contributed by atoms with Crippen LogP contribution in [-0.4, -0.2) is 23.4 Å². The molecule has 0 saturated heterocycles. The highest BCUT2D eigenvalue weighted by atomic mass is 32.2. The number of nitrogens with two attached hydrogens (primary N) is 1. The molecule has 0 fully saturated rings. The highest BCUT2D eigenvalue weighted by Crippen LogP contribution is 2.30. The average Bonchev–Trinajstić information content (AvgIpc) is 2.99. The van der Waals surface area contributed by atoms with E-state index in [2.05, 4.69) is 0 Å². The Morgan fingerprint density at radius 1 is 0.500 bits per heavy atom. The largest absolute Gasteiger partial charge is 0.494 e. The normalized spacial score (nSPS) is 11.5. The number of nitrogen functional groups attached to an aromatic ring is 1. The van der Waals surface area contributed by atoms with Gasteiger partial charge in [-0.1, -0.05) is 6.07 Å². The Bertz CT molecular complexity index is 1890. The Kier molecular flexibility index (Phi) is 8.19. The third kappa shape index (κ3) is 6.40. The van der Waals surface area contributed by atoms with Crippen molar-refractivity contribution < 1.29 is 31.0 Å². The summed E-state index contributed by atoms with van der Waals surface area (Å²) in [6.07, 6.45) is 0. The first-order valence-corrected chi connectivity index (χ1v) is 15.9. The van der Waals surface area contributed by atoms with Crippen LogP contribution in [0.3, 0.4) is 0 Å². The van der Waals surface area contributed by atoms with Crippen molar-refractivity contribution in [2.24, 2.45) is 0 Å². The van der Waals surface area contributed by atoms with Gasteiger partial charge in [-0.2, -0.15) is 0 Å². The maximum absolute atomic E-state index is 13.2. The fraction of sp³-hybridized carbons (Fsp3) is 0.0625. The van der Waals surface area contributed by atoms with Crippen LogP contribution in [0, 0.1) is 0 Å². The van der Waals surface area contributed by atoms with Gasteiger partial charge in [0.15, 0.2) is 0 Å². The van der Waals surface area contributed by atoms with E-state index in [1.165, 1.54) is 60.7 Å². The number of ether oxygens (including phenoxy) is 3. The number of anilines is 1. The molecule has 10 heteroatoms. The molecule has 0 atom stereocenters. The van der Waals surface area contributed by atoms with Crippen LogP contribution in [-0.2, 0) is 19.7 Å². The standard InChI is InChI=1S/C32H27NO7S2/c1-2-38-24-6-14-29(15-7-24)41(34,35)30-16-8-25(9-17-30)39-26-10-18-31(19-11-26)42(36,37)32-20-12-27(13-21-32)40-28-5-3-4-23(33)22-28/h3-22H,2,33H2,1H3. The lowest BCUT2D eigenvalue weighted by atomic mass is 10.3. The highest BCUT2D eigenvalue weighted by Gasteiger charge is 2.19. The van der Waals surface area contributed by atoms with Crippen LogP contribution in [0.5, 0.6) is 28.7 Å². The highest BCUT2D eigenvalue weighted by molar-refractivity contribution is 7.91. The monoisotopic (exact) mass is 601 g/mol. The lowest BCUT2D eigenvalue weighted by Crippen LogP contribution is -2.02. The van der Waals surface area contributed by atoms with E-state index in [1.807, 2.05) is 6.92 Å². The van der Waals surface area contributed by atoms with E-state index in [0.717, 1.165) is 0 Å². The summed E-state index contributed by atoms with van der Waals surface area (Å²) in [6, 6.07) is 31.3. The van der Waals surface area contributed by atoms with Crippen molar-refractivity contribution in [1.29, 1.82) is 0 Å². The first-order chi connectivity index (χ1) is 20.1. The zero-order valence-electron chi connectivity index (χ0n) is 22.5. The van der Waals surface area contributed by atoms with E-state index in [4.69, 9.17) is 19.9 Å². The lowest BCUT2D eigenvalue weighted by molar-refractivity contribution is 0.340. The molecule has 214 valence electrons. The maximum Gasteiger partial charge on any atom is 0.206 e. The number of rotatable bonds is 10. The topological polar surface area (TPSA) is 122 Å². The Morgan fingerprint density at radius 2 is 0.857 bits per heavy atom. The first kappa shape index (κ1) is 28.7. The number of hydrogen-bond donors (Lipinski definition) is 1. The van der Waals surface area contributed by atoms with Gasteiger partial charge < -0.3 is 19.9 Å². The van der Waals surface area contributed by atoms with E-state index in [0.29, 0.717) is 41.0 Å². The van der Waals surface area contributed by atoms with Gasteiger partial charge in [0.05, 0.1) is 26.2 Å². The summed E-state index contributed by atoms with van der Waals surface area (Å²) >= 11 is 0. The minimum Gasteiger partial charge on any atom is -0.494 e. The van der Waals surface area contributed by atoms with Crippen LogP contribution in [0.4, 0.5) is 5.69 Å². The molecule has 0 aromatic heterocycles. The molecule has 0 saturated carbocycles. The second kappa shape index (κ2) is 12.0. The van der Waals surface area contributed by atoms with Crippen molar-refractivity contribution in [2.75, 3.05) is 12.3 Å². The minimum atomic E-state index is -3.79. The molecule has 5 aromatic rings. The Morgan fingerprint density at radius 3 is 1.21 bits per heavy atom. The van der Waals surface area contributed by atoms with Crippen molar-refractivity contribution in [3.8, 4) is 28.7 Å². The zero-order valence-corrected chi connectivity index (χ0v) is 24.1. The van der Waals surface area contributed by atoms with E-state index in [-0.39, 0.29) is 19.6 Å². The summed E-state index contributed by atoms with van der Waals surface area (Å²) in [4.78, 5) is 0.473. The Hall–Kier alpha value is -4.80. The van der Waals surface area contributed by atoms with Crippen LogP contribution in [0.15, 0.2) is 141 Å². The second-order valence-corrected chi connectivity index (χ2v) is 13.0. The van der Waals surface area contributed by atoms with Gasteiger partial charge in [-0.05, 0) is 116 Å².